The molecule has 21 heavy (non-hydrogen) atoms. The van der Waals surface area contributed by atoms with Gasteiger partial charge in [-0.3, -0.25) is 9.89 Å². The lowest BCUT2D eigenvalue weighted by molar-refractivity contribution is 0.585. The van der Waals surface area contributed by atoms with Crippen LogP contribution in [0.25, 0.3) is 22.4 Å². The summed E-state index contributed by atoms with van der Waals surface area (Å²) in [6.45, 7) is 0. The third kappa shape index (κ3) is 2.29. The zero-order valence-electron chi connectivity index (χ0n) is 10.7. The van der Waals surface area contributed by atoms with E-state index in [2.05, 4.69) is 15.2 Å². The Labute approximate surface area is 117 Å². The van der Waals surface area contributed by atoms with Gasteiger partial charge in [-0.05, 0) is 18.2 Å². The molecule has 0 saturated heterocycles. The maximum absolute atomic E-state index is 14.0. The number of nitrogens with zero attached hydrogens (tertiary/aromatic N) is 1. The minimum absolute atomic E-state index is 0.0849. The number of anilines is 1. The number of H-pyrrole nitrogens is 2. The maximum atomic E-state index is 14.0. The number of nitrogens with two attached hydrogens (primary N) is 1. The fraction of sp³-hybridized carbons (Fsp3) is 0. The molecule has 1 aromatic carbocycles. The molecule has 2 heterocycles. The van der Waals surface area contributed by atoms with E-state index >= 15 is 0 Å². The number of rotatable bonds is 2. The van der Waals surface area contributed by atoms with Crippen LogP contribution in [0.3, 0.4) is 0 Å². The topological polar surface area (TPSA) is 87.6 Å². The van der Waals surface area contributed by atoms with Crippen LogP contribution in [0, 0.1) is 11.6 Å². The van der Waals surface area contributed by atoms with Crippen molar-refractivity contribution in [2.75, 3.05) is 5.73 Å². The zero-order chi connectivity index (χ0) is 15.0. The molecule has 0 aliphatic heterocycles. The zero-order valence-corrected chi connectivity index (χ0v) is 10.7. The highest BCUT2D eigenvalue weighted by molar-refractivity contribution is 5.87. The third-order valence-electron chi connectivity index (χ3n) is 3.07. The summed E-state index contributed by atoms with van der Waals surface area (Å²) in [7, 11) is 0. The summed E-state index contributed by atoms with van der Waals surface area (Å²) in [5.74, 6) is -1.33. The molecule has 106 valence electrons. The number of benzene rings is 1. The minimum Gasteiger partial charge on any atom is -0.382 e. The number of halogens is 2. The predicted molar refractivity (Wildman–Crippen MR) is 74.4 cm³/mol. The summed E-state index contributed by atoms with van der Waals surface area (Å²) in [4.78, 5) is 13.6. The van der Waals surface area contributed by atoms with Crippen LogP contribution in [0.4, 0.5) is 14.6 Å². The molecule has 0 spiro atoms. The molecule has 3 aromatic rings. The van der Waals surface area contributed by atoms with Gasteiger partial charge in [0.15, 0.2) is 5.82 Å². The first-order valence-electron chi connectivity index (χ1n) is 6.04. The molecule has 0 bridgehead atoms. The van der Waals surface area contributed by atoms with Gasteiger partial charge < -0.3 is 10.7 Å². The fourth-order valence-corrected chi connectivity index (χ4v) is 2.10. The van der Waals surface area contributed by atoms with Crippen LogP contribution in [-0.4, -0.2) is 15.2 Å². The van der Waals surface area contributed by atoms with Crippen LogP contribution < -0.4 is 11.3 Å². The Morgan fingerprint density at radius 3 is 2.62 bits per heavy atom. The van der Waals surface area contributed by atoms with E-state index < -0.39 is 11.6 Å². The Balaban J connectivity index is 2.21. The Morgan fingerprint density at radius 2 is 1.95 bits per heavy atom. The highest BCUT2D eigenvalue weighted by atomic mass is 19.1. The SMILES string of the molecule is Nc1n[nH]c(-c2ccc(=O)[nH]c2)c1-c1ccc(F)cc1F. The van der Waals surface area contributed by atoms with E-state index in [-0.39, 0.29) is 16.9 Å². The lowest BCUT2D eigenvalue weighted by Crippen LogP contribution is -2.01. The van der Waals surface area contributed by atoms with E-state index in [4.69, 9.17) is 5.73 Å². The van der Waals surface area contributed by atoms with Gasteiger partial charge in [-0.2, -0.15) is 5.10 Å². The van der Waals surface area contributed by atoms with Crippen molar-refractivity contribution in [2.45, 2.75) is 0 Å². The van der Waals surface area contributed by atoms with E-state index in [0.717, 1.165) is 12.1 Å². The average molecular weight is 288 g/mol. The van der Waals surface area contributed by atoms with Crippen molar-refractivity contribution < 1.29 is 8.78 Å². The van der Waals surface area contributed by atoms with Gasteiger partial charge in [0, 0.05) is 29.5 Å². The quantitative estimate of drug-likeness (QED) is 0.676. The maximum Gasteiger partial charge on any atom is 0.247 e. The third-order valence-corrected chi connectivity index (χ3v) is 3.07. The highest BCUT2D eigenvalue weighted by Crippen LogP contribution is 2.35. The van der Waals surface area contributed by atoms with Crippen molar-refractivity contribution in [3.63, 3.8) is 0 Å². The van der Waals surface area contributed by atoms with Crippen LogP contribution >= 0.6 is 0 Å². The molecular weight excluding hydrogens is 278 g/mol. The molecule has 2 aromatic heterocycles. The second kappa shape index (κ2) is 4.86. The lowest BCUT2D eigenvalue weighted by atomic mass is 10.0. The molecule has 3 rings (SSSR count). The minimum atomic E-state index is -0.742. The molecule has 5 nitrogen and oxygen atoms in total. The predicted octanol–water partition coefficient (Wildman–Crippen LogP) is 2.29. The number of aromatic amines is 2. The summed E-state index contributed by atoms with van der Waals surface area (Å²) in [5, 5.41) is 6.55. The number of aromatic nitrogens is 3. The van der Waals surface area contributed by atoms with Crippen molar-refractivity contribution >= 4 is 5.82 Å². The lowest BCUT2D eigenvalue weighted by Gasteiger charge is -2.06. The van der Waals surface area contributed by atoms with E-state index in [1.807, 2.05) is 0 Å². The van der Waals surface area contributed by atoms with Crippen LogP contribution in [0.5, 0.6) is 0 Å². The van der Waals surface area contributed by atoms with E-state index in [1.165, 1.54) is 18.3 Å². The van der Waals surface area contributed by atoms with Crippen molar-refractivity contribution in [1.82, 2.24) is 15.2 Å². The first-order valence-corrected chi connectivity index (χ1v) is 6.04. The van der Waals surface area contributed by atoms with Crippen molar-refractivity contribution in [3.05, 3.63) is 58.5 Å². The average Bonchev–Trinajstić information content (AvgIpc) is 2.82. The van der Waals surface area contributed by atoms with Gasteiger partial charge >= 0.3 is 0 Å². The molecule has 0 atom stereocenters. The highest BCUT2D eigenvalue weighted by Gasteiger charge is 2.18. The Morgan fingerprint density at radius 1 is 1.14 bits per heavy atom. The standard InChI is InChI=1S/C14H10F2N4O/c15-8-2-3-9(10(16)5-8)12-13(19-20-14(12)17)7-1-4-11(21)18-6-7/h1-6H,(H,18,21)(H3,17,19,20). The van der Waals surface area contributed by atoms with Gasteiger partial charge in [0.2, 0.25) is 5.56 Å². The molecule has 0 aliphatic rings. The van der Waals surface area contributed by atoms with Gasteiger partial charge in [0.1, 0.15) is 11.6 Å². The number of nitrogens with one attached hydrogen (secondary N) is 2. The molecule has 4 N–H and O–H groups in total. The van der Waals surface area contributed by atoms with Gasteiger partial charge in [0.05, 0.1) is 11.3 Å². The number of hydrogen-bond donors (Lipinski definition) is 3. The Kier molecular flexibility index (Phi) is 3.02. The molecule has 0 aliphatic carbocycles. The van der Waals surface area contributed by atoms with Crippen LogP contribution in [0.15, 0.2) is 41.3 Å². The van der Waals surface area contributed by atoms with Crippen LogP contribution in [0.2, 0.25) is 0 Å². The van der Waals surface area contributed by atoms with Crippen molar-refractivity contribution in [2.24, 2.45) is 0 Å². The first kappa shape index (κ1) is 13.0. The van der Waals surface area contributed by atoms with E-state index in [1.54, 1.807) is 6.07 Å². The Bertz CT molecular complexity index is 849. The second-order valence-corrected chi connectivity index (χ2v) is 4.42. The van der Waals surface area contributed by atoms with Crippen LogP contribution in [-0.2, 0) is 0 Å². The molecule has 0 amide bonds. The normalized spacial score (nSPS) is 10.8. The van der Waals surface area contributed by atoms with Gasteiger partial charge in [0.25, 0.3) is 0 Å². The monoisotopic (exact) mass is 288 g/mol. The summed E-state index contributed by atoms with van der Waals surface area (Å²) >= 11 is 0. The largest absolute Gasteiger partial charge is 0.382 e. The molecular formula is C14H10F2N4O. The second-order valence-electron chi connectivity index (χ2n) is 4.42. The smallest absolute Gasteiger partial charge is 0.247 e. The fourth-order valence-electron chi connectivity index (χ4n) is 2.10. The van der Waals surface area contributed by atoms with Crippen molar-refractivity contribution in [3.8, 4) is 22.4 Å². The molecule has 0 radical (unpaired) electrons. The van der Waals surface area contributed by atoms with Gasteiger partial charge in [-0.1, -0.05) is 0 Å². The summed E-state index contributed by atoms with van der Waals surface area (Å²) in [6.07, 6.45) is 1.46. The summed E-state index contributed by atoms with van der Waals surface area (Å²) in [6, 6.07) is 6.09. The van der Waals surface area contributed by atoms with Gasteiger partial charge in [-0.15, -0.1) is 0 Å². The number of nitrogen functional groups attached to an aromatic ring is 1. The summed E-state index contributed by atoms with van der Waals surface area (Å²) < 4.78 is 27.0. The molecule has 0 fully saturated rings. The first-order chi connectivity index (χ1) is 10.1. The molecule has 7 heteroatoms. The summed E-state index contributed by atoms with van der Waals surface area (Å²) in [5.41, 5.74) is 6.98. The number of hydrogen-bond acceptors (Lipinski definition) is 3. The molecule has 0 unspecified atom stereocenters. The van der Waals surface area contributed by atoms with E-state index in [9.17, 15) is 13.6 Å². The van der Waals surface area contributed by atoms with E-state index in [0.29, 0.717) is 16.8 Å². The van der Waals surface area contributed by atoms with Gasteiger partial charge in [-0.25, -0.2) is 8.78 Å². The van der Waals surface area contributed by atoms with Crippen molar-refractivity contribution in [1.29, 1.82) is 0 Å². The Hall–Kier alpha value is -2.96. The van der Waals surface area contributed by atoms with Crippen LogP contribution in [0.1, 0.15) is 0 Å². The molecule has 0 saturated carbocycles. The number of pyridine rings is 1.